The van der Waals surface area contributed by atoms with Crippen molar-refractivity contribution in [2.75, 3.05) is 6.54 Å². The molecule has 0 radical (unpaired) electrons. The molecule has 0 bridgehead atoms. The van der Waals surface area contributed by atoms with E-state index in [1.807, 2.05) is 0 Å². The number of hydrogen-bond donors (Lipinski definition) is 0. The van der Waals surface area contributed by atoms with Crippen LogP contribution >= 0.6 is 0 Å². The SMILES string of the molecule is C#CC1N(C(=O)C(F)(F)F)CCC1(C)C. The quantitative estimate of drug-likeness (QED) is 0.569. The molecule has 1 heterocycles. The molecule has 1 saturated heterocycles. The van der Waals surface area contributed by atoms with E-state index < -0.39 is 23.5 Å². The summed E-state index contributed by atoms with van der Waals surface area (Å²) in [4.78, 5) is 11.8. The average Bonchev–Trinajstić information content (AvgIpc) is 2.37. The van der Waals surface area contributed by atoms with Gasteiger partial charge in [0.15, 0.2) is 0 Å². The van der Waals surface area contributed by atoms with E-state index >= 15 is 0 Å². The van der Waals surface area contributed by atoms with Gasteiger partial charge in [-0.25, -0.2) is 0 Å². The van der Waals surface area contributed by atoms with E-state index in [-0.39, 0.29) is 6.54 Å². The molecular formula is C10H12F3NO. The summed E-state index contributed by atoms with van der Waals surface area (Å²) in [6.45, 7) is 3.60. The molecule has 15 heavy (non-hydrogen) atoms. The normalized spacial score (nSPS) is 25.1. The van der Waals surface area contributed by atoms with Gasteiger partial charge in [-0.15, -0.1) is 6.42 Å². The van der Waals surface area contributed by atoms with E-state index in [0.29, 0.717) is 6.42 Å². The molecule has 1 aliphatic heterocycles. The minimum atomic E-state index is -4.84. The Morgan fingerprint density at radius 1 is 1.53 bits per heavy atom. The highest BCUT2D eigenvalue weighted by Gasteiger charge is 2.50. The second-order valence-electron chi connectivity index (χ2n) is 4.30. The zero-order valence-corrected chi connectivity index (χ0v) is 8.56. The van der Waals surface area contributed by atoms with Gasteiger partial charge in [0, 0.05) is 6.54 Å². The molecule has 1 rings (SSSR count). The molecule has 0 aliphatic carbocycles. The zero-order valence-electron chi connectivity index (χ0n) is 8.56. The molecule has 1 aliphatic rings. The summed E-state index contributed by atoms with van der Waals surface area (Å²) in [5.41, 5.74) is -0.449. The number of terminal acetylenes is 1. The van der Waals surface area contributed by atoms with Crippen LogP contribution in [0.25, 0.3) is 0 Å². The molecule has 0 aromatic carbocycles. The number of carbonyl (C=O) groups is 1. The number of likely N-dealkylation sites (tertiary alicyclic amines) is 1. The van der Waals surface area contributed by atoms with Crippen LogP contribution in [0.4, 0.5) is 13.2 Å². The zero-order chi connectivity index (χ0) is 11.9. The van der Waals surface area contributed by atoms with Gasteiger partial charge in [0.1, 0.15) is 0 Å². The maximum absolute atomic E-state index is 12.2. The van der Waals surface area contributed by atoms with Crippen molar-refractivity contribution in [1.82, 2.24) is 4.90 Å². The molecule has 5 heteroatoms. The summed E-state index contributed by atoms with van der Waals surface area (Å²) in [6.07, 6.45) is 0.822. The van der Waals surface area contributed by atoms with Crippen LogP contribution < -0.4 is 0 Å². The van der Waals surface area contributed by atoms with Crippen LogP contribution in [0.5, 0.6) is 0 Å². The third-order valence-corrected chi connectivity index (χ3v) is 2.71. The van der Waals surface area contributed by atoms with Crippen LogP contribution in [-0.4, -0.2) is 29.6 Å². The molecule has 1 atom stereocenters. The molecule has 2 nitrogen and oxygen atoms in total. The van der Waals surface area contributed by atoms with Crippen molar-refractivity contribution in [3.63, 3.8) is 0 Å². The Bertz CT molecular complexity index is 314. The average molecular weight is 219 g/mol. The summed E-state index contributed by atoms with van der Waals surface area (Å²) in [5, 5.41) is 0. The van der Waals surface area contributed by atoms with Crippen molar-refractivity contribution in [2.45, 2.75) is 32.5 Å². The molecule has 1 amide bonds. The molecule has 0 aromatic heterocycles. The summed E-state index contributed by atoms with van der Waals surface area (Å²) in [7, 11) is 0. The van der Waals surface area contributed by atoms with E-state index in [1.165, 1.54) is 0 Å². The lowest BCUT2D eigenvalue weighted by molar-refractivity contribution is -0.186. The fourth-order valence-corrected chi connectivity index (χ4v) is 1.79. The Morgan fingerprint density at radius 3 is 2.47 bits per heavy atom. The molecule has 0 N–H and O–H groups in total. The monoisotopic (exact) mass is 219 g/mol. The minimum Gasteiger partial charge on any atom is -0.320 e. The Morgan fingerprint density at radius 2 is 2.07 bits per heavy atom. The van der Waals surface area contributed by atoms with E-state index in [9.17, 15) is 18.0 Å². The van der Waals surface area contributed by atoms with Gasteiger partial charge in [-0.3, -0.25) is 4.79 Å². The maximum atomic E-state index is 12.2. The standard InChI is InChI=1S/C10H12F3NO/c1-4-7-9(2,3)5-6-14(7)8(15)10(11,12)13/h1,7H,5-6H2,2-3H3. The van der Waals surface area contributed by atoms with Crippen LogP contribution in [0.2, 0.25) is 0 Å². The number of carbonyl (C=O) groups excluding carboxylic acids is 1. The van der Waals surface area contributed by atoms with Crippen molar-refractivity contribution in [3.8, 4) is 12.3 Å². The lowest BCUT2D eigenvalue weighted by atomic mass is 9.85. The van der Waals surface area contributed by atoms with Crippen molar-refractivity contribution in [3.05, 3.63) is 0 Å². The number of rotatable bonds is 0. The summed E-state index contributed by atoms with van der Waals surface area (Å²) in [6, 6.07) is -0.772. The van der Waals surface area contributed by atoms with Gasteiger partial charge in [-0.05, 0) is 11.8 Å². The van der Waals surface area contributed by atoms with Crippen LogP contribution in [-0.2, 0) is 4.79 Å². The van der Waals surface area contributed by atoms with Gasteiger partial charge in [0.25, 0.3) is 0 Å². The Labute approximate surface area is 86.4 Å². The first-order chi connectivity index (χ1) is 6.70. The first-order valence-electron chi connectivity index (χ1n) is 4.54. The van der Waals surface area contributed by atoms with E-state index in [2.05, 4.69) is 5.92 Å². The first-order valence-corrected chi connectivity index (χ1v) is 4.54. The van der Waals surface area contributed by atoms with Gasteiger partial charge >= 0.3 is 12.1 Å². The minimum absolute atomic E-state index is 0.0697. The molecule has 0 spiro atoms. The number of amides is 1. The maximum Gasteiger partial charge on any atom is 0.471 e. The van der Waals surface area contributed by atoms with Crippen molar-refractivity contribution >= 4 is 5.91 Å². The third kappa shape index (κ3) is 2.09. The van der Waals surface area contributed by atoms with Gasteiger partial charge in [-0.1, -0.05) is 19.8 Å². The summed E-state index contributed by atoms with van der Waals surface area (Å²) < 4.78 is 36.6. The highest BCUT2D eigenvalue weighted by molar-refractivity contribution is 5.83. The second-order valence-corrected chi connectivity index (χ2v) is 4.30. The Kier molecular flexibility index (Phi) is 2.73. The number of nitrogens with zero attached hydrogens (tertiary/aromatic N) is 1. The third-order valence-electron chi connectivity index (χ3n) is 2.71. The van der Waals surface area contributed by atoms with Gasteiger partial charge in [0.2, 0.25) is 0 Å². The molecule has 84 valence electrons. The number of halogens is 3. The molecular weight excluding hydrogens is 207 g/mol. The van der Waals surface area contributed by atoms with Gasteiger partial charge in [-0.2, -0.15) is 13.2 Å². The first kappa shape index (κ1) is 11.9. The van der Waals surface area contributed by atoms with Crippen molar-refractivity contribution in [2.24, 2.45) is 5.41 Å². The lowest BCUT2D eigenvalue weighted by Gasteiger charge is -2.28. The Hall–Kier alpha value is -1.18. The molecule has 0 saturated carbocycles. The smallest absolute Gasteiger partial charge is 0.320 e. The van der Waals surface area contributed by atoms with E-state index in [4.69, 9.17) is 6.42 Å². The second kappa shape index (κ2) is 3.44. The summed E-state index contributed by atoms with van der Waals surface area (Å²) in [5.74, 6) is 0.425. The lowest BCUT2D eigenvalue weighted by Crippen LogP contribution is -2.46. The van der Waals surface area contributed by atoms with Crippen molar-refractivity contribution in [1.29, 1.82) is 0 Å². The molecule has 1 unspecified atom stereocenters. The highest BCUT2D eigenvalue weighted by Crippen LogP contribution is 2.37. The molecule has 0 aromatic rings. The predicted molar refractivity (Wildman–Crippen MR) is 48.8 cm³/mol. The van der Waals surface area contributed by atoms with Crippen LogP contribution in [0.15, 0.2) is 0 Å². The van der Waals surface area contributed by atoms with Crippen LogP contribution in [0.1, 0.15) is 20.3 Å². The number of alkyl halides is 3. The summed E-state index contributed by atoms with van der Waals surface area (Å²) >= 11 is 0. The fraction of sp³-hybridized carbons (Fsp3) is 0.700. The van der Waals surface area contributed by atoms with E-state index in [0.717, 1.165) is 4.90 Å². The van der Waals surface area contributed by atoms with Gasteiger partial charge < -0.3 is 4.90 Å². The highest BCUT2D eigenvalue weighted by atomic mass is 19.4. The Balaban J connectivity index is 2.92. The predicted octanol–water partition coefficient (Wildman–Crippen LogP) is 1.81. The topological polar surface area (TPSA) is 20.3 Å². The van der Waals surface area contributed by atoms with Crippen LogP contribution in [0, 0.1) is 17.8 Å². The number of hydrogen-bond acceptors (Lipinski definition) is 1. The van der Waals surface area contributed by atoms with Gasteiger partial charge in [0.05, 0.1) is 6.04 Å². The van der Waals surface area contributed by atoms with Crippen molar-refractivity contribution < 1.29 is 18.0 Å². The largest absolute Gasteiger partial charge is 0.471 e. The van der Waals surface area contributed by atoms with E-state index in [1.54, 1.807) is 13.8 Å². The fourth-order valence-electron chi connectivity index (χ4n) is 1.79. The molecule has 1 fully saturated rings. The van der Waals surface area contributed by atoms with Crippen LogP contribution in [0.3, 0.4) is 0 Å².